The molecule has 0 saturated carbocycles. The van der Waals surface area contributed by atoms with E-state index in [1.165, 1.54) is 6.07 Å². The standard InChI is InChI=1S/C18H25F3N6O/c1-6-12-7-14(18(19,20)21)27-15(23-12)8-13(25-27)17(28)22-9(2)16-10(3)24-26(5)11(16)4/h8-9,12,14,23H,6-7H2,1-5H3,(H,22,28)/t9-,12-,14-/m1/s1. The topological polar surface area (TPSA) is 76.8 Å². The summed E-state index contributed by atoms with van der Waals surface area (Å²) in [6, 6.07) is -1.03. The van der Waals surface area contributed by atoms with Crippen molar-refractivity contribution in [3.63, 3.8) is 0 Å². The van der Waals surface area contributed by atoms with E-state index in [1.54, 1.807) is 4.68 Å². The van der Waals surface area contributed by atoms with Gasteiger partial charge in [-0.1, -0.05) is 6.92 Å². The highest BCUT2D eigenvalue weighted by Crippen LogP contribution is 2.40. The van der Waals surface area contributed by atoms with Gasteiger partial charge in [0, 0.05) is 30.4 Å². The van der Waals surface area contributed by atoms with E-state index in [2.05, 4.69) is 20.8 Å². The molecule has 2 aromatic heterocycles. The molecule has 10 heteroatoms. The van der Waals surface area contributed by atoms with Gasteiger partial charge in [-0.2, -0.15) is 23.4 Å². The first kappa shape index (κ1) is 20.2. The summed E-state index contributed by atoms with van der Waals surface area (Å²) >= 11 is 0. The Labute approximate surface area is 161 Å². The number of aryl methyl sites for hydroxylation is 2. The quantitative estimate of drug-likeness (QED) is 0.827. The number of halogens is 3. The molecule has 7 nitrogen and oxygen atoms in total. The molecule has 0 bridgehead atoms. The summed E-state index contributed by atoms with van der Waals surface area (Å²) in [5, 5.41) is 14.2. The van der Waals surface area contributed by atoms with Crippen molar-refractivity contribution in [3.05, 3.63) is 28.7 Å². The van der Waals surface area contributed by atoms with Crippen LogP contribution in [-0.2, 0) is 7.05 Å². The zero-order chi connectivity index (χ0) is 20.8. The Balaban J connectivity index is 1.85. The predicted molar refractivity (Wildman–Crippen MR) is 98.2 cm³/mol. The Morgan fingerprint density at radius 2 is 2.07 bits per heavy atom. The second-order valence-electron chi connectivity index (χ2n) is 7.31. The molecular formula is C18H25F3N6O. The fraction of sp³-hybridized carbons (Fsp3) is 0.611. The molecule has 0 aromatic carbocycles. The van der Waals surface area contributed by atoms with Crippen molar-refractivity contribution in [3.8, 4) is 0 Å². The lowest BCUT2D eigenvalue weighted by Gasteiger charge is -2.32. The normalized spacial score (nSPS) is 20.4. The van der Waals surface area contributed by atoms with Crippen molar-refractivity contribution in [2.45, 2.75) is 64.8 Å². The molecule has 2 aromatic rings. The molecule has 0 aliphatic carbocycles. The summed E-state index contributed by atoms with van der Waals surface area (Å²) in [5.41, 5.74) is 2.55. The molecule has 0 saturated heterocycles. The summed E-state index contributed by atoms with van der Waals surface area (Å²) < 4.78 is 43.0. The van der Waals surface area contributed by atoms with Crippen LogP contribution in [0.2, 0.25) is 0 Å². The minimum absolute atomic E-state index is 0.0421. The van der Waals surface area contributed by atoms with Crippen molar-refractivity contribution >= 4 is 11.7 Å². The lowest BCUT2D eigenvalue weighted by molar-refractivity contribution is -0.173. The fourth-order valence-electron chi connectivity index (χ4n) is 3.79. The van der Waals surface area contributed by atoms with Gasteiger partial charge in [-0.3, -0.25) is 9.48 Å². The highest BCUT2D eigenvalue weighted by molar-refractivity contribution is 5.93. The van der Waals surface area contributed by atoms with Crippen LogP contribution in [0.1, 0.15) is 66.2 Å². The van der Waals surface area contributed by atoms with Crippen LogP contribution in [-0.4, -0.2) is 37.7 Å². The molecule has 0 spiro atoms. The van der Waals surface area contributed by atoms with E-state index in [0.29, 0.717) is 6.42 Å². The number of hydrogen-bond donors (Lipinski definition) is 2. The van der Waals surface area contributed by atoms with Crippen molar-refractivity contribution in [1.29, 1.82) is 0 Å². The second-order valence-corrected chi connectivity index (χ2v) is 7.31. The van der Waals surface area contributed by atoms with Gasteiger partial charge in [0.15, 0.2) is 11.7 Å². The Morgan fingerprint density at radius 3 is 2.61 bits per heavy atom. The summed E-state index contributed by atoms with van der Waals surface area (Å²) in [6.07, 6.45) is -3.99. The van der Waals surface area contributed by atoms with Crippen LogP contribution in [0.15, 0.2) is 6.07 Å². The summed E-state index contributed by atoms with van der Waals surface area (Å²) in [6.45, 7) is 7.39. The number of carbonyl (C=O) groups is 1. The molecular weight excluding hydrogens is 373 g/mol. The van der Waals surface area contributed by atoms with Crippen LogP contribution in [0, 0.1) is 13.8 Å². The monoisotopic (exact) mass is 398 g/mol. The Hall–Kier alpha value is -2.52. The van der Waals surface area contributed by atoms with E-state index in [-0.39, 0.29) is 30.0 Å². The maximum Gasteiger partial charge on any atom is 0.410 e. The fourth-order valence-corrected chi connectivity index (χ4v) is 3.79. The van der Waals surface area contributed by atoms with E-state index in [4.69, 9.17) is 0 Å². The minimum Gasteiger partial charge on any atom is -0.367 e. The molecule has 3 heterocycles. The average molecular weight is 398 g/mol. The van der Waals surface area contributed by atoms with E-state index in [9.17, 15) is 18.0 Å². The SMILES string of the molecule is CC[C@@H]1C[C@H](C(F)(F)F)n2nc(C(=O)N[C@H](C)c3c(C)nn(C)c3C)cc2N1. The number of hydrogen-bond acceptors (Lipinski definition) is 4. The number of nitrogens with one attached hydrogen (secondary N) is 2. The highest BCUT2D eigenvalue weighted by atomic mass is 19.4. The molecule has 2 N–H and O–H groups in total. The molecule has 0 unspecified atom stereocenters. The number of aromatic nitrogens is 4. The molecule has 1 aliphatic rings. The molecule has 28 heavy (non-hydrogen) atoms. The number of rotatable bonds is 4. The average Bonchev–Trinajstić information content (AvgIpc) is 3.13. The van der Waals surface area contributed by atoms with Gasteiger partial charge in [-0.05, 0) is 33.6 Å². The van der Waals surface area contributed by atoms with Crippen LogP contribution < -0.4 is 10.6 Å². The Morgan fingerprint density at radius 1 is 1.39 bits per heavy atom. The maximum atomic E-state index is 13.5. The van der Waals surface area contributed by atoms with Crippen LogP contribution >= 0.6 is 0 Å². The van der Waals surface area contributed by atoms with Gasteiger partial charge in [0.2, 0.25) is 0 Å². The third-order valence-electron chi connectivity index (χ3n) is 5.34. The molecule has 1 aliphatic heterocycles. The maximum absolute atomic E-state index is 13.5. The van der Waals surface area contributed by atoms with Gasteiger partial charge in [0.1, 0.15) is 5.82 Å². The van der Waals surface area contributed by atoms with E-state index in [0.717, 1.165) is 21.6 Å². The third-order valence-corrected chi connectivity index (χ3v) is 5.34. The van der Waals surface area contributed by atoms with Gasteiger partial charge in [0.25, 0.3) is 5.91 Å². The number of amides is 1. The summed E-state index contributed by atoms with van der Waals surface area (Å²) in [4.78, 5) is 12.7. The van der Waals surface area contributed by atoms with Gasteiger partial charge < -0.3 is 10.6 Å². The number of alkyl halides is 3. The van der Waals surface area contributed by atoms with E-state index < -0.39 is 18.1 Å². The van der Waals surface area contributed by atoms with Crippen LogP contribution in [0.4, 0.5) is 19.0 Å². The zero-order valence-corrected chi connectivity index (χ0v) is 16.6. The van der Waals surface area contributed by atoms with Crippen LogP contribution in [0.5, 0.6) is 0 Å². The smallest absolute Gasteiger partial charge is 0.367 e. The minimum atomic E-state index is -4.43. The molecule has 154 valence electrons. The number of nitrogens with zero attached hydrogens (tertiary/aromatic N) is 4. The van der Waals surface area contributed by atoms with Crippen molar-refractivity contribution < 1.29 is 18.0 Å². The predicted octanol–water partition coefficient (Wildman–Crippen LogP) is 3.42. The van der Waals surface area contributed by atoms with E-state index in [1.807, 2.05) is 34.7 Å². The van der Waals surface area contributed by atoms with Gasteiger partial charge in [-0.15, -0.1) is 0 Å². The largest absolute Gasteiger partial charge is 0.410 e. The number of anilines is 1. The van der Waals surface area contributed by atoms with Crippen molar-refractivity contribution in [2.24, 2.45) is 7.05 Å². The molecule has 3 rings (SSSR count). The summed E-state index contributed by atoms with van der Waals surface area (Å²) in [7, 11) is 1.82. The van der Waals surface area contributed by atoms with Crippen LogP contribution in [0.3, 0.4) is 0 Å². The molecule has 0 fully saturated rings. The lowest BCUT2D eigenvalue weighted by atomic mass is 10.0. The highest BCUT2D eigenvalue weighted by Gasteiger charge is 2.46. The van der Waals surface area contributed by atoms with Crippen LogP contribution in [0.25, 0.3) is 0 Å². The lowest BCUT2D eigenvalue weighted by Crippen LogP contribution is -2.39. The zero-order valence-electron chi connectivity index (χ0n) is 16.6. The number of carbonyl (C=O) groups excluding carboxylic acids is 1. The summed E-state index contributed by atoms with van der Waals surface area (Å²) in [5.74, 6) is -0.306. The first-order valence-corrected chi connectivity index (χ1v) is 9.26. The Bertz CT molecular complexity index is 885. The Kier molecular flexibility index (Phi) is 5.16. The number of fused-ring (bicyclic) bond motifs is 1. The van der Waals surface area contributed by atoms with E-state index >= 15 is 0 Å². The van der Waals surface area contributed by atoms with Crippen molar-refractivity contribution in [2.75, 3.05) is 5.32 Å². The first-order valence-electron chi connectivity index (χ1n) is 9.26. The molecule has 0 radical (unpaired) electrons. The van der Waals surface area contributed by atoms with Gasteiger partial charge in [0.05, 0.1) is 11.7 Å². The van der Waals surface area contributed by atoms with Gasteiger partial charge >= 0.3 is 6.18 Å². The first-order chi connectivity index (χ1) is 13.0. The third kappa shape index (κ3) is 3.59. The molecule has 1 amide bonds. The van der Waals surface area contributed by atoms with Gasteiger partial charge in [-0.25, -0.2) is 4.68 Å². The van der Waals surface area contributed by atoms with Crippen molar-refractivity contribution in [1.82, 2.24) is 24.9 Å². The second kappa shape index (κ2) is 7.14. The molecule has 3 atom stereocenters.